The second kappa shape index (κ2) is 4.30. The Balaban J connectivity index is 2.05. The van der Waals surface area contributed by atoms with Crippen LogP contribution >= 0.6 is 0 Å². The molecule has 0 fully saturated rings. The van der Waals surface area contributed by atoms with Gasteiger partial charge in [-0.3, -0.25) is 4.79 Å². The van der Waals surface area contributed by atoms with Crippen LogP contribution in [0.2, 0.25) is 0 Å². The average molecular weight is 201 g/mol. The lowest BCUT2D eigenvalue weighted by Gasteiger charge is -2.13. The van der Waals surface area contributed by atoms with Crippen molar-refractivity contribution in [2.24, 2.45) is 0 Å². The minimum Gasteiger partial charge on any atom is -0.349 e. The summed E-state index contributed by atoms with van der Waals surface area (Å²) < 4.78 is 0. The van der Waals surface area contributed by atoms with Crippen LogP contribution in [0.15, 0.2) is 36.4 Å². The molecule has 1 amide bonds. The zero-order chi connectivity index (χ0) is 10.7. The zero-order valence-electron chi connectivity index (χ0n) is 8.86. The molecule has 2 rings (SSSR count). The highest BCUT2D eigenvalue weighted by molar-refractivity contribution is 5.95. The molecule has 15 heavy (non-hydrogen) atoms. The van der Waals surface area contributed by atoms with Gasteiger partial charge in [-0.15, -0.1) is 0 Å². The molecular formula is C13H15NO. The van der Waals surface area contributed by atoms with Crippen LogP contribution < -0.4 is 5.32 Å². The second-order valence-electron chi connectivity index (χ2n) is 3.93. The van der Waals surface area contributed by atoms with Crippen molar-refractivity contribution in [1.29, 1.82) is 0 Å². The van der Waals surface area contributed by atoms with Gasteiger partial charge in [-0.2, -0.15) is 0 Å². The van der Waals surface area contributed by atoms with E-state index in [4.69, 9.17) is 0 Å². The van der Waals surface area contributed by atoms with Crippen LogP contribution in [0, 0.1) is 6.92 Å². The Kier molecular flexibility index (Phi) is 2.86. The molecule has 1 aromatic carbocycles. The molecule has 1 aliphatic rings. The van der Waals surface area contributed by atoms with Crippen molar-refractivity contribution in [2.75, 3.05) is 0 Å². The predicted molar refractivity (Wildman–Crippen MR) is 60.8 cm³/mol. The van der Waals surface area contributed by atoms with Gasteiger partial charge in [-0.25, -0.2) is 0 Å². The summed E-state index contributed by atoms with van der Waals surface area (Å²) in [6, 6.07) is 7.96. The third-order valence-corrected chi connectivity index (χ3v) is 2.73. The first-order chi connectivity index (χ1) is 7.27. The van der Waals surface area contributed by atoms with Crippen LogP contribution in [-0.2, 0) is 0 Å². The van der Waals surface area contributed by atoms with Crippen LogP contribution in [0.4, 0.5) is 0 Å². The van der Waals surface area contributed by atoms with Gasteiger partial charge in [-0.05, 0) is 31.4 Å². The monoisotopic (exact) mass is 201 g/mol. The van der Waals surface area contributed by atoms with Crippen LogP contribution in [0.1, 0.15) is 28.8 Å². The largest absolute Gasteiger partial charge is 0.349 e. The maximum atomic E-state index is 11.9. The number of hydrogen-bond acceptors (Lipinski definition) is 1. The molecule has 0 bridgehead atoms. The van der Waals surface area contributed by atoms with E-state index in [1.165, 1.54) is 0 Å². The molecule has 1 N–H and O–H groups in total. The van der Waals surface area contributed by atoms with Gasteiger partial charge >= 0.3 is 0 Å². The Morgan fingerprint density at radius 1 is 1.27 bits per heavy atom. The molecule has 0 unspecified atom stereocenters. The quantitative estimate of drug-likeness (QED) is 0.732. The topological polar surface area (TPSA) is 29.1 Å². The molecule has 0 saturated heterocycles. The van der Waals surface area contributed by atoms with Crippen molar-refractivity contribution in [3.8, 4) is 0 Å². The molecule has 0 saturated carbocycles. The summed E-state index contributed by atoms with van der Waals surface area (Å²) in [5, 5.41) is 3.03. The highest BCUT2D eigenvalue weighted by Crippen LogP contribution is 2.12. The van der Waals surface area contributed by atoms with E-state index < -0.39 is 0 Å². The molecule has 0 heterocycles. The van der Waals surface area contributed by atoms with Crippen molar-refractivity contribution >= 4 is 5.91 Å². The summed E-state index contributed by atoms with van der Waals surface area (Å²) in [7, 11) is 0. The standard InChI is InChI=1S/C13H15NO/c1-10-6-2-5-9-12(10)13(15)14-11-7-3-4-8-11/h2-6,9,11H,7-8H2,1H3,(H,14,15). The number of hydrogen-bond donors (Lipinski definition) is 1. The summed E-state index contributed by atoms with van der Waals surface area (Å²) in [6.45, 7) is 1.96. The molecule has 2 heteroatoms. The van der Waals surface area contributed by atoms with Gasteiger partial charge in [0.2, 0.25) is 0 Å². The highest BCUT2D eigenvalue weighted by Gasteiger charge is 2.15. The summed E-state index contributed by atoms with van der Waals surface area (Å²) in [5.74, 6) is 0.0433. The number of carbonyl (C=O) groups is 1. The number of amides is 1. The molecule has 0 atom stereocenters. The van der Waals surface area contributed by atoms with E-state index in [-0.39, 0.29) is 11.9 Å². The Morgan fingerprint density at radius 2 is 1.93 bits per heavy atom. The van der Waals surface area contributed by atoms with E-state index in [2.05, 4.69) is 17.5 Å². The number of nitrogens with one attached hydrogen (secondary N) is 1. The van der Waals surface area contributed by atoms with Gasteiger partial charge < -0.3 is 5.32 Å². The molecule has 0 spiro atoms. The predicted octanol–water partition coefficient (Wildman–Crippen LogP) is 2.44. The van der Waals surface area contributed by atoms with Crippen LogP contribution in [-0.4, -0.2) is 11.9 Å². The lowest BCUT2D eigenvalue weighted by atomic mass is 10.1. The highest BCUT2D eigenvalue weighted by atomic mass is 16.1. The first-order valence-electron chi connectivity index (χ1n) is 5.29. The zero-order valence-corrected chi connectivity index (χ0v) is 8.86. The van der Waals surface area contributed by atoms with E-state index in [1.807, 2.05) is 31.2 Å². The molecule has 2 nitrogen and oxygen atoms in total. The minimum absolute atomic E-state index is 0.0433. The van der Waals surface area contributed by atoms with Crippen molar-refractivity contribution < 1.29 is 4.79 Å². The Labute approximate surface area is 90.0 Å². The fourth-order valence-electron chi connectivity index (χ4n) is 1.83. The van der Waals surface area contributed by atoms with Crippen molar-refractivity contribution in [3.63, 3.8) is 0 Å². The van der Waals surface area contributed by atoms with Crippen molar-refractivity contribution in [1.82, 2.24) is 5.32 Å². The third-order valence-electron chi connectivity index (χ3n) is 2.73. The van der Waals surface area contributed by atoms with Gasteiger partial charge in [0.05, 0.1) is 0 Å². The lowest BCUT2D eigenvalue weighted by Crippen LogP contribution is -2.33. The number of rotatable bonds is 2. The SMILES string of the molecule is Cc1ccccc1C(=O)NC1CC=CC1. The fraction of sp³-hybridized carbons (Fsp3) is 0.308. The van der Waals surface area contributed by atoms with Crippen LogP contribution in [0.25, 0.3) is 0 Å². The summed E-state index contributed by atoms with van der Waals surface area (Å²) in [4.78, 5) is 11.9. The Morgan fingerprint density at radius 3 is 2.60 bits per heavy atom. The van der Waals surface area contributed by atoms with Crippen molar-refractivity contribution in [2.45, 2.75) is 25.8 Å². The lowest BCUT2D eigenvalue weighted by molar-refractivity contribution is 0.0938. The first kappa shape index (κ1) is 9.97. The minimum atomic E-state index is 0.0433. The molecule has 0 aromatic heterocycles. The first-order valence-corrected chi connectivity index (χ1v) is 5.29. The normalized spacial score (nSPS) is 15.5. The maximum Gasteiger partial charge on any atom is 0.251 e. The van der Waals surface area contributed by atoms with Crippen LogP contribution in [0.5, 0.6) is 0 Å². The maximum absolute atomic E-state index is 11.9. The van der Waals surface area contributed by atoms with Gasteiger partial charge in [0.1, 0.15) is 0 Å². The number of benzene rings is 1. The summed E-state index contributed by atoms with van der Waals surface area (Å²) in [6.07, 6.45) is 6.14. The second-order valence-corrected chi connectivity index (χ2v) is 3.93. The molecule has 0 radical (unpaired) electrons. The van der Waals surface area contributed by atoms with Gasteiger partial charge in [0, 0.05) is 11.6 Å². The summed E-state index contributed by atoms with van der Waals surface area (Å²) >= 11 is 0. The van der Waals surface area contributed by atoms with Crippen molar-refractivity contribution in [3.05, 3.63) is 47.5 Å². The fourth-order valence-corrected chi connectivity index (χ4v) is 1.83. The molecule has 78 valence electrons. The number of carbonyl (C=O) groups excluding carboxylic acids is 1. The van der Waals surface area contributed by atoms with E-state index in [0.717, 1.165) is 24.0 Å². The average Bonchev–Trinajstić information content (AvgIpc) is 2.71. The van der Waals surface area contributed by atoms with E-state index >= 15 is 0 Å². The van der Waals surface area contributed by atoms with Gasteiger partial charge in [0.25, 0.3) is 5.91 Å². The summed E-state index contributed by atoms with van der Waals surface area (Å²) in [5.41, 5.74) is 1.81. The molecule has 0 aliphatic heterocycles. The molecular weight excluding hydrogens is 186 g/mol. The van der Waals surface area contributed by atoms with Crippen LogP contribution in [0.3, 0.4) is 0 Å². The molecule has 1 aliphatic carbocycles. The third kappa shape index (κ3) is 2.27. The van der Waals surface area contributed by atoms with E-state index in [0.29, 0.717) is 0 Å². The van der Waals surface area contributed by atoms with Gasteiger partial charge in [-0.1, -0.05) is 30.4 Å². The van der Waals surface area contributed by atoms with Gasteiger partial charge in [0.15, 0.2) is 0 Å². The van der Waals surface area contributed by atoms with E-state index in [9.17, 15) is 4.79 Å². The smallest absolute Gasteiger partial charge is 0.251 e. The Bertz CT molecular complexity index is 387. The molecule has 1 aromatic rings. The Hall–Kier alpha value is -1.57. The van der Waals surface area contributed by atoms with E-state index in [1.54, 1.807) is 0 Å². The number of aryl methyl sites for hydroxylation is 1.